The van der Waals surface area contributed by atoms with Gasteiger partial charge in [-0.3, -0.25) is 4.79 Å². The van der Waals surface area contributed by atoms with Crippen LogP contribution in [0.2, 0.25) is 0 Å². The Labute approximate surface area is 82.2 Å². The van der Waals surface area contributed by atoms with Crippen LogP contribution in [0, 0.1) is 0 Å². The molecule has 0 atom stereocenters. The standard InChI is InChI=1S/C10H13NOS/c12-10(11-5-1-6-11)3-2-9-4-7-13-8-9/h4,7-8H,1-3,5-6H2. The minimum Gasteiger partial charge on any atom is -0.343 e. The van der Waals surface area contributed by atoms with Crippen LogP contribution in [0.15, 0.2) is 16.8 Å². The number of thiophene rings is 1. The molecule has 0 radical (unpaired) electrons. The first-order valence-corrected chi connectivity index (χ1v) is 5.59. The molecule has 0 saturated carbocycles. The molecule has 3 heteroatoms. The maximum absolute atomic E-state index is 11.4. The van der Waals surface area contributed by atoms with E-state index < -0.39 is 0 Å². The molecule has 1 aromatic rings. The van der Waals surface area contributed by atoms with Crippen molar-refractivity contribution in [2.24, 2.45) is 0 Å². The molecule has 2 heterocycles. The van der Waals surface area contributed by atoms with Gasteiger partial charge in [-0.25, -0.2) is 0 Å². The van der Waals surface area contributed by atoms with E-state index in [1.807, 2.05) is 4.90 Å². The van der Waals surface area contributed by atoms with E-state index >= 15 is 0 Å². The third kappa shape index (κ3) is 2.10. The van der Waals surface area contributed by atoms with Gasteiger partial charge >= 0.3 is 0 Å². The highest BCUT2D eigenvalue weighted by atomic mass is 32.1. The lowest BCUT2D eigenvalue weighted by molar-refractivity contribution is -0.134. The lowest BCUT2D eigenvalue weighted by atomic mass is 10.1. The second-order valence-electron chi connectivity index (χ2n) is 3.37. The second kappa shape index (κ2) is 3.92. The van der Waals surface area contributed by atoms with Gasteiger partial charge in [-0.1, -0.05) is 0 Å². The van der Waals surface area contributed by atoms with E-state index in [4.69, 9.17) is 0 Å². The predicted octanol–water partition coefficient (Wildman–Crippen LogP) is 1.91. The highest BCUT2D eigenvalue weighted by Gasteiger charge is 2.19. The van der Waals surface area contributed by atoms with E-state index in [0.717, 1.165) is 19.5 Å². The van der Waals surface area contributed by atoms with Crippen LogP contribution < -0.4 is 0 Å². The third-order valence-corrected chi connectivity index (χ3v) is 3.15. The Balaban J connectivity index is 1.76. The van der Waals surface area contributed by atoms with Crippen molar-refractivity contribution in [3.8, 4) is 0 Å². The maximum atomic E-state index is 11.4. The van der Waals surface area contributed by atoms with Gasteiger partial charge in [0.15, 0.2) is 0 Å². The summed E-state index contributed by atoms with van der Waals surface area (Å²) in [6.07, 6.45) is 2.76. The van der Waals surface area contributed by atoms with Crippen molar-refractivity contribution in [2.45, 2.75) is 19.3 Å². The van der Waals surface area contributed by atoms with E-state index in [1.54, 1.807) is 11.3 Å². The average Bonchev–Trinajstić information content (AvgIpc) is 2.49. The van der Waals surface area contributed by atoms with Crippen molar-refractivity contribution in [1.29, 1.82) is 0 Å². The maximum Gasteiger partial charge on any atom is 0.222 e. The van der Waals surface area contributed by atoms with Crippen LogP contribution in [0.3, 0.4) is 0 Å². The number of nitrogens with zero attached hydrogens (tertiary/aromatic N) is 1. The molecule has 1 aliphatic heterocycles. The van der Waals surface area contributed by atoms with Gasteiger partial charge in [0.25, 0.3) is 0 Å². The number of likely N-dealkylation sites (tertiary alicyclic amines) is 1. The molecule has 2 rings (SSSR count). The Kier molecular flexibility index (Phi) is 2.64. The highest BCUT2D eigenvalue weighted by molar-refractivity contribution is 7.07. The van der Waals surface area contributed by atoms with E-state index in [9.17, 15) is 4.79 Å². The summed E-state index contributed by atoms with van der Waals surface area (Å²) in [5.74, 6) is 0.317. The Bertz CT molecular complexity index is 277. The molecule has 1 fully saturated rings. The van der Waals surface area contributed by atoms with Gasteiger partial charge < -0.3 is 4.90 Å². The molecule has 0 unspecified atom stereocenters. The summed E-state index contributed by atoms with van der Waals surface area (Å²) < 4.78 is 0. The first-order valence-electron chi connectivity index (χ1n) is 4.65. The van der Waals surface area contributed by atoms with Gasteiger partial charge in [0.05, 0.1) is 0 Å². The monoisotopic (exact) mass is 195 g/mol. The SMILES string of the molecule is O=C(CCc1ccsc1)N1CCC1. The molecule has 0 N–H and O–H groups in total. The Morgan fingerprint density at radius 1 is 1.54 bits per heavy atom. The van der Waals surface area contributed by atoms with E-state index in [1.165, 1.54) is 12.0 Å². The topological polar surface area (TPSA) is 20.3 Å². The summed E-state index contributed by atoms with van der Waals surface area (Å²) in [6.45, 7) is 1.95. The molecule has 1 aromatic heterocycles. The number of carbonyl (C=O) groups excluding carboxylic acids is 1. The molecule has 0 bridgehead atoms. The summed E-state index contributed by atoms with van der Waals surface area (Å²) in [5, 5.41) is 4.17. The molecule has 1 aliphatic rings. The normalized spacial score (nSPS) is 15.5. The largest absolute Gasteiger partial charge is 0.343 e. The first-order chi connectivity index (χ1) is 6.36. The summed E-state index contributed by atoms with van der Waals surface area (Å²) in [4.78, 5) is 13.4. The zero-order valence-corrected chi connectivity index (χ0v) is 8.35. The minimum atomic E-state index is 0.317. The quantitative estimate of drug-likeness (QED) is 0.721. The van der Waals surface area contributed by atoms with Crippen LogP contribution in [0.1, 0.15) is 18.4 Å². The van der Waals surface area contributed by atoms with Crippen LogP contribution in [-0.4, -0.2) is 23.9 Å². The molecule has 0 aliphatic carbocycles. The predicted molar refractivity (Wildman–Crippen MR) is 53.8 cm³/mol. The molecule has 2 nitrogen and oxygen atoms in total. The van der Waals surface area contributed by atoms with Gasteiger partial charge in [-0.05, 0) is 35.2 Å². The number of carbonyl (C=O) groups is 1. The van der Waals surface area contributed by atoms with Crippen LogP contribution in [0.4, 0.5) is 0 Å². The van der Waals surface area contributed by atoms with Gasteiger partial charge in [0.2, 0.25) is 5.91 Å². The van der Waals surface area contributed by atoms with Gasteiger partial charge in [0, 0.05) is 19.5 Å². The highest BCUT2D eigenvalue weighted by Crippen LogP contribution is 2.12. The van der Waals surface area contributed by atoms with Crippen molar-refractivity contribution in [3.63, 3.8) is 0 Å². The average molecular weight is 195 g/mol. The Hall–Kier alpha value is -0.830. The third-order valence-electron chi connectivity index (χ3n) is 2.42. The van der Waals surface area contributed by atoms with Crippen molar-refractivity contribution in [2.75, 3.05) is 13.1 Å². The second-order valence-corrected chi connectivity index (χ2v) is 4.15. The van der Waals surface area contributed by atoms with E-state index in [2.05, 4.69) is 16.8 Å². The number of aryl methyl sites for hydroxylation is 1. The number of amides is 1. The molecule has 1 amide bonds. The van der Waals surface area contributed by atoms with Crippen LogP contribution >= 0.6 is 11.3 Å². The summed E-state index contributed by atoms with van der Waals surface area (Å²) >= 11 is 1.69. The fourth-order valence-electron chi connectivity index (χ4n) is 1.41. The molecule has 0 aromatic carbocycles. The molecular formula is C10H13NOS. The molecule has 1 saturated heterocycles. The molecule has 0 spiro atoms. The fraction of sp³-hybridized carbons (Fsp3) is 0.500. The zero-order valence-electron chi connectivity index (χ0n) is 7.53. The summed E-state index contributed by atoms with van der Waals surface area (Å²) in [5.41, 5.74) is 1.29. The minimum absolute atomic E-state index is 0.317. The summed E-state index contributed by atoms with van der Waals surface area (Å²) in [7, 11) is 0. The van der Waals surface area contributed by atoms with Crippen molar-refractivity contribution >= 4 is 17.2 Å². The van der Waals surface area contributed by atoms with E-state index in [-0.39, 0.29) is 0 Å². The van der Waals surface area contributed by atoms with Crippen LogP contribution in [0.5, 0.6) is 0 Å². The Morgan fingerprint density at radius 3 is 2.92 bits per heavy atom. The molecular weight excluding hydrogens is 182 g/mol. The van der Waals surface area contributed by atoms with Gasteiger partial charge in [-0.15, -0.1) is 0 Å². The van der Waals surface area contributed by atoms with E-state index in [0.29, 0.717) is 12.3 Å². The van der Waals surface area contributed by atoms with Crippen molar-refractivity contribution < 1.29 is 4.79 Å². The number of rotatable bonds is 3. The van der Waals surface area contributed by atoms with Crippen molar-refractivity contribution in [3.05, 3.63) is 22.4 Å². The molecule has 70 valence electrons. The fourth-order valence-corrected chi connectivity index (χ4v) is 2.11. The number of hydrogen-bond acceptors (Lipinski definition) is 2. The van der Waals surface area contributed by atoms with Crippen LogP contribution in [0.25, 0.3) is 0 Å². The lowest BCUT2D eigenvalue weighted by Gasteiger charge is -2.30. The van der Waals surface area contributed by atoms with Crippen molar-refractivity contribution in [1.82, 2.24) is 4.90 Å². The lowest BCUT2D eigenvalue weighted by Crippen LogP contribution is -2.42. The first kappa shape index (κ1) is 8.75. The van der Waals surface area contributed by atoms with Crippen LogP contribution in [-0.2, 0) is 11.2 Å². The molecule has 13 heavy (non-hydrogen) atoms. The van der Waals surface area contributed by atoms with Gasteiger partial charge in [0.1, 0.15) is 0 Å². The Morgan fingerprint density at radius 2 is 2.38 bits per heavy atom. The zero-order chi connectivity index (χ0) is 9.10. The summed E-state index contributed by atoms with van der Waals surface area (Å²) in [6, 6.07) is 2.09. The van der Waals surface area contributed by atoms with Gasteiger partial charge in [-0.2, -0.15) is 11.3 Å². The smallest absolute Gasteiger partial charge is 0.222 e. The number of hydrogen-bond donors (Lipinski definition) is 0.